The van der Waals surface area contributed by atoms with E-state index in [4.69, 9.17) is 16.6 Å². The van der Waals surface area contributed by atoms with Crippen molar-refractivity contribution in [1.82, 2.24) is 25.9 Å². The normalized spacial score (nSPS) is 13.6. The van der Waals surface area contributed by atoms with E-state index in [2.05, 4.69) is 25.9 Å². The molecule has 0 aliphatic rings. The van der Waals surface area contributed by atoms with Crippen LogP contribution in [0.1, 0.15) is 19.0 Å². The lowest BCUT2D eigenvalue weighted by Gasteiger charge is -2.21. The van der Waals surface area contributed by atoms with Crippen LogP contribution in [0, 0.1) is 0 Å². The predicted molar refractivity (Wildman–Crippen MR) is 94.3 cm³/mol. The minimum Gasteiger partial charge on any atom is -0.480 e. The third-order valence-electron chi connectivity index (χ3n) is 3.54. The molecule has 0 aliphatic heterocycles. The Morgan fingerprint density at radius 1 is 1.18 bits per heavy atom. The van der Waals surface area contributed by atoms with Crippen molar-refractivity contribution in [2.75, 3.05) is 6.54 Å². The molecule has 13 heteroatoms. The summed E-state index contributed by atoms with van der Waals surface area (Å²) in [5, 5.41) is 15.6. The summed E-state index contributed by atoms with van der Waals surface area (Å²) >= 11 is 0. The average Bonchev–Trinajstić information content (AvgIpc) is 3.11. The van der Waals surface area contributed by atoms with Crippen LogP contribution in [-0.2, 0) is 30.4 Å². The van der Waals surface area contributed by atoms with Crippen molar-refractivity contribution >= 4 is 29.6 Å². The van der Waals surface area contributed by atoms with Crippen LogP contribution >= 0.6 is 0 Å². The first-order chi connectivity index (χ1) is 13.1. The quantitative estimate of drug-likeness (QED) is 0.197. The fraction of sp³-hybridized carbons (Fsp3) is 0.467. The third kappa shape index (κ3) is 7.82. The largest absolute Gasteiger partial charge is 0.480 e. The highest BCUT2D eigenvalue weighted by atomic mass is 16.4. The van der Waals surface area contributed by atoms with Gasteiger partial charge in [0.2, 0.25) is 23.6 Å². The molecule has 0 aromatic carbocycles. The van der Waals surface area contributed by atoms with Crippen LogP contribution < -0.4 is 27.4 Å². The molecule has 3 atom stereocenters. The molecule has 9 N–H and O–H groups in total. The Hall–Kier alpha value is -3.48. The average molecular weight is 397 g/mol. The highest BCUT2D eigenvalue weighted by molar-refractivity contribution is 5.94. The number of nitrogens with zero attached hydrogens (tertiary/aromatic N) is 1. The van der Waals surface area contributed by atoms with Gasteiger partial charge < -0.3 is 37.5 Å². The molecule has 1 aromatic rings. The van der Waals surface area contributed by atoms with Crippen molar-refractivity contribution in [2.24, 2.45) is 11.5 Å². The third-order valence-corrected chi connectivity index (χ3v) is 3.54. The number of hydrogen-bond donors (Lipinski definition) is 7. The van der Waals surface area contributed by atoms with Gasteiger partial charge in [-0.2, -0.15) is 0 Å². The zero-order chi connectivity index (χ0) is 21.3. The van der Waals surface area contributed by atoms with Gasteiger partial charge in [-0.25, -0.2) is 4.98 Å². The number of nitrogens with two attached hydrogens (primary N) is 2. The summed E-state index contributed by atoms with van der Waals surface area (Å²) in [4.78, 5) is 64.4. The van der Waals surface area contributed by atoms with Gasteiger partial charge >= 0.3 is 5.97 Å². The number of carboxylic acid groups (broad SMARTS) is 1. The predicted octanol–water partition coefficient (Wildman–Crippen LogP) is -3.65. The van der Waals surface area contributed by atoms with Crippen LogP contribution in [0.3, 0.4) is 0 Å². The van der Waals surface area contributed by atoms with Gasteiger partial charge in [-0.3, -0.25) is 24.0 Å². The first-order valence-corrected chi connectivity index (χ1v) is 8.21. The summed E-state index contributed by atoms with van der Waals surface area (Å²) in [5.41, 5.74) is 11.0. The molecule has 0 fully saturated rings. The summed E-state index contributed by atoms with van der Waals surface area (Å²) in [6, 6.07) is -3.42. The smallest absolute Gasteiger partial charge is 0.322 e. The van der Waals surface area contributed by atoms with Crippen molar-refractivity contribution < 1.29 is 29.1 Å². The maximum atomic E-state index is 12.3. The molecule has 0 spiro atoms. The Kier molecular flexibility index (Phi) is 8.55. The SMILES string of the molecule is CC(NC(=O)C(N)CC(N)=O)C(=O)NC(Cc1cnc[nH]1)C(=O)NCC(=O)O. The van der Waals surface area contributed by atoms with Crippen LogP contribution in [0.2, 0.25) is 0 Å². The molecule has 1 aromatic heterocycles. The minimum atomic E-state index is -1.25. The van der Waals surface area contributed by atoms with Gasteiger partial charge in [0, 0.05) is 18.3 Å². The number of carboxylic acids is 1. The van der Waals surface area contributed by atoms with Crippen molar-refractivity contribution in [3.05, 3.63) is 18.2 Å². The Bertz CT molecular complexity index is 720. The van der Waals surface area contributed by atoms with Gasteiger partial charge in [-0.1, -0.05) is 0 Å². The van der Waals surface area contributed by atoms with Crippen molar-refractivity contribution in [2.45, 2.75) is 37.9 Å². The molecular weight excluding hydrogens is 374 g/mol. The van der Waals surface area contributed by atoms with Crippen LogP contribution in [-0.4, -0.2) is 69.3 Å². The first kappa shape index (κ1) is 22.6. The van der Waals surface area contributed by atoms with E-state index in [1.807, 2.05) is 0 Å². The zero-order valence-electron chi connectivity index (χ0n) is 15.1. The molecule has 0 saturated heterocycles. The lowest BCUT2D eigenvalue weighted by Crippen LogP contribution is -2.56. The number of carbonyl (C=O) groups excluding carboxylic acids is 4. The summed E-state index contributed by atoms with van der Waals surface area (Å²) in [6.07, 6.45) is 2.45. The van der Waals surface area contributed by atoms with E-state index in [9.17, 15) is 24.0 Å². The number of amides is 4. The van der Waals surface area contributed by atoms with E-state index in [0.717, 1.165) is 0 Å². The fourth-order valence-electron chi connectivity index (χ4n) is 2.10. The Morgan fingerprint density at radius 3 is 2.39 bits per heavy atom. The molecule has 0 bridgehead atoms. The molecule has 13 nitrogen and oxygen atoms in total. The second kappa shape index (κ2) is 10.6. The number of H-pyrrole nitrogens is 1. The number of imidazole rings is 1. The number of primary amides is 1. The fourth-order valence-corrected chi connectivity index (χ4v) is 2.10. The number of carbonyl (C=O) groups is 5. The molecule has 1 heterocycles. The van der Waals surface area contributed by atoms with Gasteiger partial charge in [0.1, 0.15) is 18.6 Å². The van der Waals surface area contributed by atoms with Gasteiger partial charge in [0.25, 0.3) is 0 Å². The second-order valence-corrected chi connectivity index (χ2v) is 5.96. The summed E-state index contributed by atoms with van der Waals surface area (Å²) in [7, 11) is 0. The van der Waals surface area contributed by atoms with Gasteiger partial charge in [-0.05, 0) is 6.92 Å². The van der Waals surface area contributed by atoms with E-state index in [0.29, 0.717) is 5.69 Å². The standard InChI is InChI=1S/C15H23N7O6/c1-7(21-14(27)9(16)3-11(17)23)13(26)22-10(2-8-4-18-6-20-8)15(28)19-5-12(24)25/h4,6-7,9-10H,2-3,5,16H2,1H3,(H2,17,23)(H,18,20)(H,19,28)(H,21,27)(H,22,26)(H,24,25). The number of nitrogens with one attached hydrogen (secondary N) is 4. The van der Waals surface area contributed by atoms with E-state index < -0.39 is 54.3 Å². The van der Waals surface area contributed by atoms with Crippen LogP contribution in [0.4, 0.5) is 0 Å². The number of aromatic nitrogens is 2. The molecule has 0 radical (unpaired) electrons. The van der Waals surface area contributed by atoms with Crippen molar-refractivity contribution in [3.8, 4) is 0 Å². The zero-order valence-corrected chi connectivity index (χ0v) is 15.1. The highest BCUT2D eigenvalue weighted by Gasteiger charge is 2.26. The van der Waals surface area contributed by atoms with Gasteiger partial charge in [0.05, 0.1) is 18.8 Å². The van der Waals surface area contributed by atoms with Crippen molar-refractivity contribution in [1.29, 1.82) is 0 Å². The lowest BCUT2D eigenvalue weighted by atomic mass is 10.1. The summed E-state index contributed by atoms with van der Waals surface area (Å²) in [5.74, 6) is -4.22. The van der Waals surface area contributed by atoms with Crippen LogP contribution in [0.25, 0.3) is 0 Å². The van der Waals surface area contributed by atoms with Crippen LogP contribution in [0.5, 0.6) is 0 Å². The van der Waals surface area contributed by atoms with Crippen LogP contribution in [0.15, 0.2) is 12.5 Å². The minimum absolute atomic E-state index is 0.0129. The molecule has 1 rings (SSSR count). The maximum Gasteiger partial charge on any atom is 0.322 e. The summed E-state index contributed by atoms with van der Waals surface area (Å²) < 4.78 is 0. The molecular formula is C15H23N7O6. The Balaban J connectivity index is 2.72. The molecule has 0 aliphatic carbocycles. The summed E-state index contributed by atoms with van der Waals surface area (Å²) in [6.45, 7) is 0.731. The topological polar surface area (TPSA) is 222 Å². The number of aliphatic carboxylic acids is 1. The molecule has 4 amide bonds. The first-order valence-electron chi connectivity index (χ1n) is 8.21. The molecule has 0 saturated carbocycles. The van der Waals surface area contributed by atoms with E-state index in [1.54, 1.807) is 0 Å². The molecule has 3 unspecified atom stereocenters. The Labute approximate surface area is 159 Å². The number of hydrogen-bond acceptors (Lipinski definition) is 7. The Morgan fingerprint density at radius 2 is 1.86 bits per heavy atom. The number of aromatic amines is 1. The van der Waals surface area contributed by atoms with Crippen molar-refractivity contribution in [3.63, 3.8) is 0 Å². The van der Waals surface area contributed by atoms with E-state index in [-0.39, 0.29) is 12.8 Å². The molecule has 28 heavy (non-hydrogen) atoms. The van der Waals surface area contributed by atoms with E-state index >= 15 is 0 Å². The second-order valence-electron chi connectivity index (χ2n) is 5.96. The number of rotatable bonds is 11. The highest BCUT2D eigenvalue weighted by Crippen LogP contribution is 2.00. The van der Waals surface area contributed by atoms with Gasteiger partial charge in [-0.15, -0.1) is 0 Å². The maximum absolute atomic E-state index is 12.3. The monoisotopic (exact) mass is 397 g/mol. The lowest BCUT2D eigenvalue weighted by molar-refractivity contribution is -0.138. The van der Waals surface area contributed by atoms with E-state index in [1.165, 1.54) is 19.4 Å². The van der Waals surface area contributed by atoms with Gasteiger partial charge in [0.15, 0.2) is 0 Å². The molecule has 154 valence electrons.